The van der Waals surface area contributed by atoms with Crippen LogP contribution in [0.5, 0.6) is 5.75 Å². The molecule has 0 aliphatic carbocycles. The molecule has 0 saturated carbocycles. The van der Waals surface area contributed by atoms with E-state index >= 15 is 0 Å². The molecule has 0 fully saturated rings. The normalized spacial score (nSPS) is 11.7. The molecule has 0 spiro atoms. The van der Waals surface area contributed by atoms with Gasteiger partial charge in [0.25, 0.3) is 5.91 Å². The fourth-order valence-corrected chi connectivity index (χ4v) is 1.65. The van der Waals surface area contributed by atoms with E-state index in [1.165, 1.54) is 24.3 Å². The molecule has 6 nitrogen and oxygen atoms in total. The van der Waals surface area contributed by atoms with Gasteiger partial charge in [-0.25, -0.2) is 0 Å². The molecule has 0 aliphatic heterocycles. The van der Waals surface area contributed by atoms with Crippen molar-refractivity contribution in [3.8, 4) is 5.75 Å². The van der Waals surface area contributed by atoms with Crippen molar-refractivity contribution >= 4 is 11.8 Å². The van der Waals surface area contributed by atoms with E-state index in [1.807, 2.05) is 6.92 Å². The number of phenols is 1. The molecule has 1 aromatic rings. The predicted octanol–water partition coefficient (Wildman–Crippen LogP) is 0.366. The lowest BCUT2D eigenvalue weighted by atomic mass is 10.2. The van der Waals surface area contributed by atoms with Gasteiger partial charge in [0.1, 0.15) is 5.75 Å². The quantitative estimate of drug-likeness (QED) is 0.541. The zero-order valence-corrected chi connectivity index (χ0v) is 11.6. The molecule has 1 unspecified atom stereocenters. The van der Waals surface area contributed by atoms with Crippen LogP contribution in [0.1, 0.15) is 30.1 Å². The number of hydrogen-bond acceptors (Lipinski definition) is 4. The minimum absolute atomic E-state index is 0.110. The smallest absolute Gasteiger partial charge is 0.251 e. The number of carbonyl (C=O) groups excluding carboxylic acids is 2. The predicted molar refractivity (Wildman–Crippen MR) is 76.3 cm³/mol. The summed E-state index contributed by atoms with van der Waals surface area (Å²) in [6, 6.07) is 5.45. The molecule has 0 saturated heterocycles. The van der Waals surface area contributed by atoms with Crippen LogP contribution in [-0.2, 0) is 4.79 Å². The number of aromatic hydroxyl groups is 1. The van der Waals surface area contributed by atoms with Crippen molar-refractivity contribution in [1.82, 2.24) is 10.6 Å². The molecule has 0 bridgehead atoms. The second-order valence-corrected chi connectivity index (χ2v) is 4.49. The second kappa shape index (κ2) is 8.16. The maximum atomic E-state index is 11.7. The summed E-state index contributed by atoms with van der Waals surface area (Å²) in [5, 5.41) is 14.5. The van der Waals surface area contributed by atoms with Gasteiger partial charge in [0.15, 0.2) is 0 Å². The van der Waals surface area contributed by atoms with Crippen LogP contribution < -0.4 is 16.4 Å². The van der Waals surface area contributed by atoms with Gasteiger partial charge in [-0.2, -0.15) is 0 Å². The van der Waals surface area contributed by atoms with E-state index in [1.54, 1.807) is 0 Å². The van der Waals surface area contributed by atoms with E-state index in [-0.39, 0.29) is 17.6 Å². The standard InChI is InChI=1S/C14H21N3O3/c1-2-3-12(15)14(20)17-9-8-16-13(19)10-4-6-11(18)7-5-10/h4-7,12,18H,2-3,8-9,15H2,1H3,(H,16,19)(H,17,20). The highest BCUT2D eigenvalue weighted by Crippen LogP contribution is 2.09. The fraction of sp³-hybridized carbons (Fsp3) is 0.429. The van der Waals surface area contributed by atoms with Crippen molar-refractivity contribution < 1.29 is 14.7 Å². The minimum Gasteiger partial charge on any atom is -0.508 e. The number of phenolic OH excluding ortho intramolecular Hbond substituents is 1. The summed E-state index contributed by atoms with van der Waals surface area (Å²) in [4.78, 5) is 23.2. The largest absolute Gasteiger partial charge is 0.508 e. The van der Waals surface area contributed by atoms with Gasteiger partial charge in [-0.1, -0.05) is 13.3 Å². The van der Waals surface area contributed by atoms with Crippen LogP contribution >= 0.6 is 0 Å². The second-order valence-electron chi connectivity index (χ2n) is 4.49. The van der Waals surface area contributed by atoms with Crippen LogP contribution in [0.15, 0.2) is 24.3 Å². The first-order chi connectivity index (χ1) is 9.54. The molecule has 0 heterocycles. The third-order valence-electron chi connectivity index (χ3n) is 2.78. The van der Waals surface area contributed by atoms with E-state index in [0.717, 1.165) is 6.42 Å². The lowest BCUT2D eigenvalue weighted by Gasteiger charge is -2.11. The number of nitrogens with two attached hydrogens (primary N) is 1. The van der Waals surface area contributed by atoms with Gasteiger partial charge in [-0.3, -0.25) is 9.59 Å². The van der Waals surface area contributed by atoms with Crippen LogP contribution in [0.2, 0.25) is 0 Å². The van der Waals surface area contributed by atoms with Crippen molar-refractivity contribution in [2.45, 2.75) is 25.8 Å². The van der Waals surface area contributed by atoms with Gasteiger partial charge in [-0.05, 0) is 30.7 Å². The summed E-state index contributed by atoms with van der Waals surface area (Å²) in [6.07, 6.45) is 1.50. The van der Waals surface area contributed by atoms with Crippen LogP contribution in [0.3, 0.4) is 0 Å². The Kier molecular flexibility index (Phi) is 6.52. The van der Waals surface area contributed by atoms with Crippen molar-refractivity contribution in [3.05, 3.63) is 29.8 Å². The van der Waals surface area contributed by atoms with Crippen molar-refractivity contribution in [2.24, 2.45) is 5.73 Å². The van der Waals surface area contributed by atoms with Crippen molar-refractivity contribution in [1.29, 1.82) is 0 Å². The van der Waals surface area contributed by atoms with Gasteiger partial charge < -0.3 is 21.5 Å². The van der Waals surface area contributed by atoms with Gasteiger partial charge in [0, 0.05) is 18.7 Å². The molecule has 20 heavy (non-hydrogen) atoms. The number of amides is 2. The molecule has 0 radical (unpaired) electrons. The average Bonchev–Trinajstić information content (AvgIpc) is 2.44. The molecule has 5 N–H and O–H groups in total. The first kappa shape index (κ1) is 16.0. The summed E-state index contributed by atoms with van der Waals surface area (Å²) < 4.78 is 0. The Bertz CT molecular complexity index is 445. The van der Waals surface area contributed by atoms with E-state index < -0.39 is 6.04 Å². The summed E-state index contributed by atoms with van der Waals surface area (Å²) >= 11 is 0. The highest BCUT2D eigenvalue weighted by Gasteiger charge is 2.11. The molecule has 1 atom stereocenters. The molecule has 1 rings (SSSR count). The van der Waals surface area contributed by atoms with Gasteiger partial charge in [-0.15, -0.1) is 0 Å². The Labute approximate surface area is 118 Å². The van der Waals surface area contributed by atoms with Crippen LogP contribution in [0.4, 0.5) is 0 Å². The Morgan fingerprint density at radius 3 is 2.40 bits per heavy atom. The monoisotopic (exact) mass is 279 g/mol. The highest BCUT2D eigenvalue weighted by molar-refractivity contribution is 5.94. The first-order valence-electron chi connectivity index (χ1n) is 6.65. The Hall–Kier alpha value is -2.08. The highest BCUT2D eigenvalue weighted by atomic mass is 16.3. The summed E-state index contributed by atoms with van der Waals surface area (Å²) in [6.45, 7) is 2.62. The molecule has 1 aromatic carbocycles. The summed E-state index contributed by atoms with van der Waals surface area (Å²) in [7, 11) is 0. The Morgan fingerprint density at radius 1 is 1.20 bits per heavy atom. The third-order valence-corrected chi connectivity index (χ3v) is 2.78. The van der Waals surface area contributed by atoms with Crippen LogP contribution in [0, 0.1) is 0 Å². The number of hydrogen-bond donors (Lipinski definition) is 4. The van der Waals surface area contributed by atoms with Crippen molar-refractivity contribution in [3.63, 3.8) is 0 Å². The molecule has 0 aromatic heterocycles. The Morgan fingerprint density at radius 2 is 1.80 bits per heavy atom. The van der Waals surface area contributed by atoms with E-state index in [4.69, 9.17) is 10.8 Å². The lowest BCUT2D eigenvalue weighted by molar-refractivity contribution is -0.122. The van der Waals surface area contributed by atoms with E-state index in [9.17, 15) is 9.59 Å². The maximum Gasteiger partial charge on any atom is 0.251 e. The lowest BCUT2D eigenvalue weighted by Crippen LogP contribution is -2.43. The number of benzene rings is 1. The van der Waals surface area contributed by atoms with Gasteiger partial charge in [0.05, 0.1) is 6.04 Å². The topological polar surface area (TPSA) is 104 Å². The first-order valence-corrected chi connectivity index (χ1v) is 6.65. The number of rotatable bonds is 7. The number of nitrogens with one attached hydrogen (secondary N) is 2. The van der Waals surface area contributed by atoms with Crippen molar-refractivity contribution in [2.75, 3.05) is 13.1 Å². The zero-order valence-electron chi connectivity index (χ0n) is 11.6. The maximum absolute atomic E-state index is 11.7. The third kappa shape index (κ3) is 5.27. The molecule has 110 valence electrons. The molecule has 0 aliphatic rings. The van der Waals surface area contributed by atoms with Gasteiger partial charge in [0.2, 0.25) is 5.91 Å². The fourth-order valence-electron chi connectivity index (χ4n) is 1.65. The SMILES string of the molecule is CCCC(N)C(=O)NCCNC(=O)c1ccc(O)cc1. The van der Waals surface area contributed by atoms with E-state index in [0.29, 0.717) is 25.1 Å². The number of carbonyl (C=O) groups is 2. The summed E-state index contributed by atoms with van der Waals surface area (Å²) in [5.74, 6) is -0.346. The average molecular weight is 279 g/mol. The van der Waals surface area contributed by atoms with Crippen LogP contribution in [-0.4, -0.2) is 36.1 Å². The zero-order chi connectivity index (χ0) is 15.0. The minimum atomic E-state index is -0.493. The van der Waals surface area contributed by atoms with E-state index in [2.05, 4.69) is 10.6 Å². The van der Waals surface area contributed by atoms with Gasteiger partial charge >= 0.3 is 0 Å². The van der Waals surface area contributed by atoms with Crippen LogP contribution in [0.25, 0.3) is 0 Å². The summed E-state index contributed by atoms with van der Waals surface area (Å²) in [5.41, 5.74) is 6.11. The Balaban J connectivity index is 2.25. The molecular formula is C14H21N3O3. The molecule has 6 heteroatoms. The molecular weight excluding hydrogens is 258 g/mol. The molecule has 2 amide bonds.